The van der Waals surface area contributed by atoms with Crippen LogP contribution >= 0.6 is 0 Å². The topological polar surface area (TPSA) is 45.0 Å². The van der Waals surface area contributed by atoms with Crippen molar-refractivity contribution in [1.82, 2.24) is 0 Å². The number of para-hydroxylation sites is 1. The standard InChI is InChI=1S/C15H14N2O/c1-11-6-5-7-12(10-11)17-15(16-2)13-8-3-4-9-14(13)18/h3-10,18H,2H2,1H3. The molecule has 0 heterocycles. The van der Waals surface area contributed by atoms with Crippen LogP contribution in [0, 0.1) is 6.92 Å². The van der Waals surface area contributed by atoms with Crippen molar-refractivity contribution in [3.05, 3.63) is 59.7 Å². The first kappa shape index (κ1) is 12.0. The van der Waals surface area contributed by atoms with Crippen LogP contribution in [0.3, 0.4) is 0 Å². The van der Waals surface area contributed by atoms with Crippen LogP contribution in [-0.4, -0.2) is 17.7 Å². The maximum Gasteiger partial charge on any atom is 0.162 e. The zero-order chi connectivity index (χ0) is 13.0. The van der Waals surface area contributed by atoms with E-state index < -0.39 is 0 Å². The molecule has 0 aromatic heterocycles. The van der Waals surface area contributed by atoms with Gasteiger partial charge in [0.05, 0.1) is 11.3 Å². The van der Waals surface area contributed by atoms with Gasteiger partial charge >= 0.3 is 0 Å². The molecule has 0 atom stereocenters. The zero-order valence-corrected chi connectivity index (χ0v) is 10.2. The number of aliphatic imine (C=N–C) groups is 2. The molecule has 18 heavy (non-hydrogen) atoms. The number of phenols is 1. The minimum atomic E-state index is 0.149. The molecule has 0 aliphatic heterocycles. The number of phenolic OH excluding ortho intramolecular Hbond substituents is 1. The first-order valence-electron chi connectivity index (χ1n) is 5.61. The van der Waals surface area contributed by atoms with Gasteiger partial charge in [0.25, 0.3) is 0 Å². The zero-order valence-electron chi connectivity index (χ0n) is 10.2. The summed E-state index contributed by atoms with van der Waals surface area (Å²) in [4.78, 5) is 8.28. The van der Waals surface area contributed by atoms with Crippen molar-refractivity contribution in [1.29, 1.82) is 0 Å². The number of rotatable bonds is 2. The second-order valence-electron chi connectivity index (χ2n) is 3.95. The quantitative estimate of drug-likeness (QED) is 0.631. The summed E-state index contributed by atoms with van der Waals surface area (Å²) in [5, 5.41) is 9.78. The third kappa shape index (κ3) is 2.63. The molecule has 2 rings (SSSR count). The molecule has 0 saturated heterocycles. The summed E-state index contributed by atoms with van der Waals surface area (Å²) < 4.78 is 0. The lowest BCUT2D eigenvalue weighted by molar-refractivity contribution is 0.474. The van der Waals surface area contributed by atoms with Crippen LogP contribution in [0.4, 0.5) is 5.69 Å². The summed E-state index contributed by atoms with van der Waals surface area (Å²) in [6.45, 7) is 5.51. The highest BCUT2D eigenvalue weighted by Gasteiger charge is 2.06. The Labute approximate surface area is 106 Å². The molecule has 0 fully saturated rings. The molecule has 3 heteroatoms. The molecule has 1 N–H and O–H groups in total. The van der Waals surface area contributed by atoms with Gasteiger partial charge < -0.3 is 5.11 Å². The Bertz CT molecular complexity index is 603. The lowest BCUT2D eigenvalue weighted by atomic mass is 10.2. The molecule has 0 amide bonds. The number of benzene rings is 2. The van der Waals surface area contributed by atoms with Crippen molar-refractivity contribution in [3.63, 3.8) is 0 Å². The second kappa shape index (κ2) is 5.27. The predicted molar refractivity (Wildman–Crippen MR) is 75.0 cm³/mol. The van der Waals surface area contributed by atoms with Gasteiger partial charge in [0.15, 0.2) is 5.84 Å². The average molecular weight is 238 g/mol. The fraction of sp³-hybridized carbons (Fsp3) is 0.0667. The maximum atomic E-state index is 9.78. The molecule has 0 spiro atoms. The Morgan fingerprint density at radius 1 is 1.11 bits per heavy atom. The maximum absolute atomic E-state index is 9.78. The molecular formula is C15H14N2O. The summed E-state index contributed by atoms with van der Waals surface area (Å²) in [5.74, 6) is 0.565. The van der Waals surface area contributed by atoms with Crippen LogP contribution < -0.4 is 0 Å². The van der Waals surface area contributed by atoms with Gasteiger partial charge in [0.1, 0.15) is 5.75 Å². The van der Waals surface area contributed by atoms with Crippen molar-refractivity contribution in [2.75, 3.05) is 0 Å². The van der Waals surface area contributed by atoms with Crippen LogP contribution in [0.2, 0.25) is 0 Å². The summed E-state index contributed by atoms with van der Waals surface area (Å²) >= 11 is 0. The van der Waals surface area contributed by atoms with Crippen LogP contribution in [0.5, 0.6) is 5.75 Å². The highest BCUT2D eigenvalue weighted by Crippen LogP contribution is 2.21. The van der Waals surface area contributed by atoms with E-state index in [1.54, 1.807) is 18.2 Å². The van der Waals surface area contributed by atoms with E-state index in [0.717, 1.165) is 11.3 Å². The van der Waals surface area contributed by atoms with Crippen molar-refractivity contribution in [2.24, 2.45) is 9.98 Å². The highest BCUT2D eigenvalue weighted by molar-refractivity contribution is 6.04. The third-order valence-electron chi connectivity index (χ3n) is 2.53. The lowest BCUT2D eigenvalue weighted by Gasteiger charge is -2.04. The van der Waals surface area contributed by atoms with Crippen LogP contribution in [0.25, 0.3) is 0 Å². The summed E-state index contributed by atoms with van der Waals surface area (Å²) in [5.41, 5.74) is 2.49. The minimum absolute atomic E-state index is 0.149. The van der Waals surface area contributed by atoms with Gasteiger partial charge in [0, 0.05) is 0 Å². The molecule has 0 bridgehead atoms. The number of hydrogen-bond donors (Lipinski definition) is 1. The van der Waals surface area contributed by atoms with Crippen LogP contribution in [-0.2, 0) is 0 Å². The Balaban J connectivity index is 2.46. The number of hydrogen-bond acceptors (Lipinski definition) is 2. The van der Waals surface area contributed by atoms with E-state index in [1.165, 1.54) is 0 Å². The highest BCUT2D eigenvalue weighted by atomic mass is 16.3. The van der Waals surface area contributed by atoms with E-state index in [4.69, 9.17) is 0 Å². The Hall–Kier alpha value is -2.42. The van der Waals surface area contributed by atoms with Gasteiger partial charge in [-0.1, -0.05) is 24.3 Å². The third-order valence-corrected chi connectivity index (χ3v) is 2.53. The molecule has 2 aromatic rings. The number of aryl methyl sites for hydroxylation is 1. The molecule has 0 saturated carbocycles. The van der Waals surface area contributed by atoms with Crippen molar-refractivity contribution in [2.45, 2.75) is 6.92 Å². The Morgan fingerprint density at radius 3 is 2.56 bits per heavy atom. The molecule has 0 unspecified atom stereocenters. The molecular weight excluding hydrogens is 224 g/mol. The minimum Gasteiger partial charge on any atom is -0.507 e. The normalized spacial score (nSPS) is 11.3. The molecule has 0 aliphatic rings. The molecule has 3 nitrogen and oxygen atoms in total. The van der Waals surface area contributed by atoms with E-state index in [9.17, 15) is 5.11 Å². The van der Waals surface area contributed by atoms with E-state index >= 15 is 0 Å². The first-order chi connectivity index (χ1) is 8.70. The summed E-state index contributed by atoms with van der Waals surface area (Å²) in [7, 11) is 0. The van der Waals surface area contributed by atoms with Crippen molar-refractivity contribution < 1.29 is 5.11 Å². The lowest BCUT2D eigenvalue weighted by Crippen LogP contribution is -1.96. The number of nitrogens with zero attached hydrogens (tertiary/aromatic N) is 2. The van der Waals surface area contributed by atoms with Gasteiger partial charge in [0.2, 0.25) is 0 Å². The smallest absolute Gasteiger partial charge is 0.162 e. The summed E-state index contributed by atoms with van der Waals surface area (Å²) in [6.07, 6.45) is 0. The fourth-order valence-electron chi connectivity index (χ4n) is 1.66. The van der Waals surface area contributed by atoms with E-state index in [2.05, 4.69) is 16.7 Å². The van der Waals surface area contributed by atoms with Crippen molar-refractivity contribution >= 4 is 18.2 Å². The Morgan fingerprint density at radius 2 is 1.89 bits per heavy atom. The molecule has 0 aliphatic carbocycles. The Kier molecular flexibility index (Phi) is 3.53. The number of amidine groups is 1. The first-order valence-corrected chi connectivity index (χ1v) is 5.61. The van der Waals surface area contributed by atoms with Gasteiger partial charge in [-0.3, -0.25) is 0 Å². The summed E-state index contributed by atoms with van der Waals surface area (Å²) in [6, 6.07) is 14.7. The fourth-order valence-corrected chi connectivity index (χ4v) is 1.66. The SMILES string of the molecule is C=NC(=Nc1cccc(C)c1)c1ccccc1O. The van der Waals surface area contributed by atoms with Gasteiger partial charge in [-0.05, 0) is 43.5 Å². The van der Waals surface area contributed by atoms with E-state index in [-0.39, 0.29) is 5.75 Å². The van der Waals surface area contributed by atoms with Crippen LogP contribution in [0.15, 0.2) is 58.5 Å². The van der Waals surface area contributed by atoms with E-state index in [1.807, 2.05) is 37.3 Å². The van der Waals surface area contributed by atoms with Gasteiger partial charge in [-0.25, -0.2) is 9.98 Å². The molecule has 2 aromatic carbocycles. The van der Waals surface area contributed by atoms with Crippen LogP contribution in [0.1, 0.15) is 11.1 Å². The second-order valence-corrected chi connectivity index (χ2v) is 3.95. The monoisotopic (exact) mass is 238 g/mol. The predicted octanol–water partition coefficient (Wildman–Crippen LogP) is 3.48. The molecule has 0 radical (unpaired) electrons. The van der Waals surface area contributed by atoms with Gasteiger partial charge in [-0.15, -0.1) is 0 Å². The average Bonchev–Trinajstić information content (AvgIpc) is 2.37. The number of aromatic hydroxyl groups is 1. The largest absolute Gasteiger partial charge is 0.507 e. The van der Waals surface area contributed by atoms with Gasteiger partial charge in [-0.2, -0.15) is 0 Å². The molecule has 90 valence electrons. The van der Waals surface area contributed by atoms with Crippen molar-refractivity contribution in [3.8, 4) is 5.75 Å². The van der Waals surface area contributed by atoms with E-state index in [0.29, 0.717) is 11.4 Å².